The van der Waals surface area contributed by atoms with Gasteiger partial charge in [0.2, 0.25) is 0 Å². The van der Waals surface area contributed by atoms with Crippen molar-refractivity contribution in [2.45, 2.75) is 6.04 Å². The average Bonchev–Trinajstić information content (AvgIpc) is 2.44. The van der Waals surface area contributed by atoms with Crippen LogP contribution >= 0.6 is 0 Å². The molecule has 1 aromatic heterocycles. The molecule has 104 valence electrons. The van der Waals surface area contributed by atoms with Crippen LogP contribution in [-0.2, 0) is 4.79 Å². The number of rotatable bonds is 4. The minimum Gasteiger partial charge on any atom is -0.480 e. The lowest BCUT2D eigenvalue weighted by molar-refractivity contribution is -0.140. The third-order valence-corrected chi connectivity index (χ3v) is 2.77. The average molecular weight is 275 g/mol. The molecule has 1 aromatic carbocycles. The third-order valence-electron chi connectivity index (χ3n) is 2.77. The van der Waals surface area contributed by atoms with E-state index in [2.05, 4.69) is 10.3 Å². The van der Waals surface area contributed by atoms with Gasteiger partial charge in [0.05, 0.1) is 12.1 Å². The van der Waals surface area contributed by atoms with Gasteiger partial charge in [-0.1, -0.05) is 18.2 Å². The minimum absolute atomic E-state index is 0.000833. The van der Waals surface area contributed by atoms with E-state index in [9.17, 15) is 9.59 Å². The third kappa shape index (κ3) is 2.67. The maximum absolute atomic E-state index is 11.9. The van der Waals surface area contributed by atoms with Crippen LogP contribution < -0.4 is 11.1 Å². The molecule has 7 nitrogen and oxygen atoms in total. The highest BCUT2D eigenvalue weighted by Crippen LogP contribution is 2.19. The number of nitrogens with zero attached hydrogens (tertiary/aromatic N) is 1. The summed E-state index contributed by atoms with van der Waals surface area (Å²) >= 11 is 0. The molecule has 1 unspecified atom stereocenters. The molecule has 1 atom stereocenters. The number of fused-ring (bicyclic) bond motifs is 1. The Labute approximate surface area is 114 Å². The van der Waals surface area contributed by atoms with Crippen molar-refractivity contribution in [1.82, 2.24) is 10.3 Å². The molecule has 0 saturated carbocycles. The number of carboxylic acid groups (broad SMARTS) is 1. The van der Waals surface area contributed by atoms with E-state index in [0.29, 0.717) is 16.6 Å². The quantitative estimate of drug-likeness (QED) is 0.622. The van der Waals surface area contributed by atoms with Gasteiger partial charge < -0.3 is 21.3 Å². The van der Waals surface area contributed by atoms with E-state index < -0.39 is 24.5 Å². The zero-order valence-electron chi connectivity index (χ0n) is 10.4. The van der Waals surface area contributed by atoms with E-state index in [-0.39, 0.29) is 5.69 Å². The number of hydrogen-bond acceptors (Lipinski definition) is 5. The number of aliphatic hydroxyl groups is 1. The lowest BCUT2D eigenvalue weighted by Crippen LogP contribution is -2.43. The van der Waals surface area contributed by atoms with E-state index in [1.807, 2.05) is 0 Å². The number of amides is 1. The molecule has 0 aliphatic heterocycles. The largest absolute Gasteiger partial charge is 0.480 e. The second kappa shape index (κ2) is 5.54. The van der Waals surface area contributed by atoms with Crippen LogP contribution in [0.3, 0.4) is 0 Å². The molecule has 0 bridgehead atoms. The molecule has 7 heteroatoms. The predicted molar refractivity (Wildman–Crippen MR) is 72.1 cm³/mol. The number of aliphatic hydroxyl groups excluding tert-OH is 1. The first-order valence-corrected chi connectivity index (χ1v) is 5.82. The van der Waals surface area contributed by atoms with Crippen molar-refractivity contribution in [2.24, 2.45) is 0 Å². The van der Waals surface area contributed by atoms with Gasteiger partial charge in [-0.25, -0.2) is 9.78 Å². The fourth-order valence-corrected chi connectivity index (χ4v) is 1.74. The highest BCUT2D eigenvalue weighted by molar-refractivity contribution is 6.00. The lowest BCUT2D eigenvalue weighted by Gasteiger charge is -2.12. The molecule has 0 aliphatic rings. The zero-order chi connectivity index (χ0) is 14.7. The number of benzene rings is 1. The van der Waals surface area contributed by atoms with Crippen LogP contribution in [0.2, 0.25) is 0 Å². The molecule has 0 aliphatic carbocycles. The number of aliphatic carboxylic acids is 1. The van der Waals surface area contributed by atoms with E-state index in [1.165, 1.54) is 6.07 Å². The van der Waals surface area contributed by atoms with Gasteiger partial charge in [-0.3, -0.25) is 4.79 Å². The second-order valence-corrected chi connectivity index (χ2v) is 4.16. The van der Waals surface area contributed by atoms with Gasteiger partial charge in [0.1, 0.15) is 5.69 Å². The standard InChI is InChI=1S/C13H13N3O4/c14-8-5-10(12(18)16-11(6-17)13(19)20)15-9-4-2-1-3-7(8)9/h1-5,11,17H,6H2,(H2,14,15)(H,16,18)(H,19,20). The molecular formula is C13H13N3O4. The van der Waals surface area contributed by atoms with Crippen molar-refractivity contribution < 1.29 is 19.8 Å². The number of hydrogen-bond donors (Lipinski definition) is 4. The maximum Gasteiger partial charge on any atom is 0.328 e. The van der Waals surface area contributed by atoms with Crippen molar-refractivity contribution in [3.63, 3.8) is 0 Å². The summed E-state index contributed by atoms with van der Waals surface area (Å²) in [5.41, 5.74) is 6.74. The predicted octanol–water partition coefficient (Wildman–Crippen LogP) is -0.00770. The van der Waals surface area contributed by atoms with Crippen molar-refractivity contribution in [3.8, 4) is 0 Å². The van der Waals surface area contributed by atoms with Crippen LogP contribution in [0.25, 0.3) is 10.9 Å². The summed E-state index contributed by atoms with van der Waals surface area (Å²) in [5, 5.41) is 20.5. The Morgan fingerprint density at radius 1 is 1.35 bits per heavy atom. The Hall–Kier alpha value is -2.67. The summed E-state index contributed by atoms with van der Waals surface area (Å²) in [6.07, 6.45) is 0. The topological polar surface area (TPSA) is 126 Å². The highest BCUT2D eigenvalue weighted by Gasteiger charge is 2.20. The van der Waals surface area contributed by atoms with Gasteiger partial charge in [0.15, 0.2) is 6.04 Å². The maximum atomic E-state index is 11.9. The zero-order valence-corrected chi connectivity index (χ0v) is 10.4. The Bertz CT molecular complexity index is 672. The molecular weight excluding hydrogens is 262 g/mol. The monoisotopic (exact) mass is 275 g/mol. The Kier molecular flexibility index (Phi) is 3.81. The van der Waals surface area contributed by atoms with E-state index >= 15 is 0 Å². The first kappa shape index (κ1) is 13.8. The number of nitrogens with one attached hydrogen (secondary N) is 1. The number of carbonyl (C=O) groups is 2. The minimum atomic E-state index is -1.38. The van der Waals surface area contributed by atoms with Gasteiger partial charge in [-0.2, -0.15) is 0 Å². The van der Waals surface area contributed by atoms with Gasteiger partial charge in [0.25, 0.3) is 5.91 Å². The molecule has 1 amide bonds. The number of nitrogens with two attached hydrogens (primary N) is 1. The molecule has 0 saturated heterocycles. The van der Waals surface area contributed by atoms with Crippen LogP contribution in [0.15, 0.2) is 30.3 Å². The van der Waals surface area contributed by atoms with Crippen LogP contribution in [0.1, 0.15) is 10.5 Å². The number of anilines is 1. The normalized spacial score (nSPS) is 12.1. The summed E-state index contributed by atoms with van der Waals surface area (Å²) in [6, 6.07) is 7.01. The van der Waals surface area contributed by atoms with Crippen molar-refractivity contribution in [3.05, 3.63) is 36.0 Å². The van der Waals surface area contributed by atoms with Gasteiger partial charge in [0, 0.05) is 11.1 Å². The number of pyridine rings is 1. The first-order valence-electron chi connectivity index (χ1n) is 5.82. The van der Waals surface area contributed by atoms with Crippen molar-refractivity contribution in [1.29, 1.82) is 0 Å². The smallest absolute Gasteiger partial charge is 0.328 e. The number of carboxylic acids is 1. The second-order valence-electron chi connectivity index (χ2n) is 4.16. The van der Waals surface area contributed by atoms with Crippen molar-refractivity contribution in [2.75, 3.05) is 12.3 Å². The summed E-state index contributed by atoms with van der Waals surface area (Å²) < 4.78 is 0. The van der Waals surface area contributed by atoms with Gasteiger partial charge >= 0.3 is 5.97 Å². The van der Waals surface area contributed by atoms with Gasteiger partial charge in [-0.05, 0) is 12.1 Å². The fraction of sp³-hybridized carbons (Fsp3) is 0.154. The van der Waals surface area contributed by atoms with Crippen LogP contribution in [0.5, 0.6) is 0 Å². The SMILES string of the molecule is Nc1cc(C(=O)NC(CO)C(=O)O)nc2ccccc12. The van der Waals surface area contributed by atoms with E-state index in [1.54, 1.807) is 24.3 Å². The molecule has 5 N–H and O–H groups in total. The molecule has 0 radical (unpaired) electrons. The Balaban J connectivity index is 2.33. The number of nitrogen functional groups attached to an aromatic ring is 1. The molecule has 0 fully saturated rings. The Morgan fingerprint density at radius 3 is 2.70 bits per heavy atom. The number of para-hydroxylation sites is 1. The van der Waals surface area contributed by atoms with Crippen LogP contribution in [0, 0.1) is 0 Å². The molecule has 2 rings (SSSR count). The molecule has 2 aromatic rings. The van der Waals surface area contributed by atoms with Gasteiger partial charge in [-0.15, -0.1) is 0 Å². The van der Waals surface area contributed by atoms with Crippen molar-refractivity contribution >= 4 is 28.5 Å². The molecule has 1 heterocycles. The van der Waals surface area contributed by atoms with Crippen LogP contribution in [0.4, 0.5) is 5.69 Å². The Morgan fingerprint density at radius 2 is 2.05 bits per heavy atom. The summed E-state index contributed by atoms with van der Waals surface area (Å²) in [4.78, 5) is 26.8. The summed E-state index contributed by atoms with van der Waals surface area (Å²) in [6.45, 7) is -0.704. The number of aromatic nitrogens is 1. The first-order chi connectivity index (χ1) is 9.52. The summed E-state index contributed by atoms with van der Waals surface area (Å²) in [7, 11) is 0. The number of carbonyl (C=O) groups excluding carboxylic acids is 1. The fourth-order valence-electron chi connectivity index (χ4n) is 1.74. The van der Waals surface area contributed by atoms with E-state index in [0.717, 1.165) is 0 Å². The lowest BCUT2D eigenvalue weighted by atomic mass is 10.1. The highest BCUT2D eigenvalue weighted by atomic mass is 16.4. The van der Waals surface area contributed by atoms with E-state index in [4.69, 9.17) is 15.9 Å². The summed E-state index contributed by atoms with van der Waals surface area (Å²) in [5.74, 6) is -2.03. The van der Waals surface area contributed by atoms with Crippen LogP contribution in [-0.4, -0.2) is 39.7 Å². The molecule has 20 heavy (non-hydrogen) atoms. The molecule has 0 spiro atoms.